The van der Waals surface area contributed by atoms with Crippen molar-refractivity contribution in [2.75, 3.05) is 13.7 Å². The Kier molecular flexibility index (Phi) is 4.63. The average Bonchev–Trinajstić information content (AvgIpc) is 3.33. The highest BCUT2D eigenvalue weighted by Gasteiger charge is 2.65. The standard InChI is InChI=1S/C17H23F3N4OS/c1-21-15(22-8-12-23-11(9-26-12)17(18,19)20)24-13-10-4-7-25-14(10)16(13)5-2-3-6-16/h9-10,13-14H,2-8H2,1H3,(H2,21,22,24). The summed E-state index contributed by atoms with van der Waals surface area (Å²) < 4.78 is 44.0. The maximum atomic E-state index is 12.7. The Morgan fingerprint density at radius 2 is 2.19 bits per heavy atom. The van der Waals surface area contributed by atoms with E-state index in [4.69, 9.17) is 4.74 Å². The number of hydrogen-bond acceptors (Lipinski definition) is 4. The van der Waals surface area contributed by atoms with Crippen molar-refractivity contribution in [2.45, 2.75) is 57.0 Å². The molecule has 0 amide bonds. The van der Waals surface area contributed by atoms with E-state index in [2.05, 4.69) is 20.6 Å². The van der Waals surface area contributed by atoms with E-state index in [-0.39, 0.29) is 12.0 Å². The van der Waals surface area contributed by atoms with Crippen LogP contribution in [0.15, 0.2) is 10.4 Å². The molecule has 2 aliphatic carbocycles. The Bertz CT molecular complexity index is 684. The highest BCUT2D eigenvalue weighted by molar-refractivity contribution is 7.09. The number of guanidine groups is 1. The molecule has 3 aliphatic rings. The highest BCUT2D eigenvalue weighted by Crippen LogP contribution is 2.60. The fourth-order valence-corrected chi connectivity index (χ4v) is 5.67. The van der Waals surface area contributed by atoms with Gasteiger partial charge >= 0.3 is 6.18 Å². The van der Waals surface area contributed by atoms with Crippen molar-refractivity contribution in [1.29, 1.82) is 0 Å². The molecule has 0 radical (unpaired) electrons. The first-order chi connectivity index (χ1) is 12.4. The number of aromatic nitrogens is 1. The number of halogens is 3. The summed E-state index contributed by atoms with van der Waals surface area (Å²) in [5.74, 6) is 1.12. The zero-order valence-corrected chi connectivity index (χ0v) is 15.4. The van der Waals surface area contributed by atoms with Gasteiger partial charge in [0.15, 0.2) is 11.7 Å². The van der Waals surface area contributed by atoms with Crippen molar-refractivity contribution < 1.29 is 17.9 Å². The lowest BCUT2D eigenvalue weighted by atomic mass is 9.54. The van der Waals surface area contributed by atoms with E-state index in [1.807, 2.05) is 0 Å². The molecule has 1 saturated heterocycles. The molecule has 1 spiro atoms. The molecule has 3 fully saturated rings. The number of nitrogens with zero attached hydrogens (tertiary/aromatic N) is 2. The molecule has 2 heterocycles. The lowest BCUT2D eigenvalue weighted by Gasteiger charge is -2.57. The van der Waals surface area contributed by atoms with Crippen LogP contribution in [0.25, 0.3) is 0 Å². The third-order valence-corrected chi connectivity index (χ3v) is 6.90. The summed E-state index contributed by atoms with van der Waals surface area (Å²) in [6, 6.07) is 0.325. The van der Waals surface area contributed by atoms with Crippen LogP contribution in [0.3, 0.4) is 0 Å². The fraction of sp³-hybridized carbons (Fsp3) is 0.765. The molecule has 3 atom stereocenters. The van der Waals surface area contributed by atoms with Gasteiger partial charge in [-0.15, -0.1) is 11.3 Å². The van der Waals surface area contributed by atoms with Crippen molar-refractivity contribution in [3.8, 4) is 0 Å². The Balaban J connectivity index is 1.38. The molecule has 26 heavy (non-hydrogen) atoms. The zero-order chi connectivity index (χ0) is 18.4. The van der Waals surface area contributed by atoms with Gasteiger partial charge in [0.2, 0.25) is 0 Å². The first-order valence-corrected chi connectivity index (χ1v) is 9.92. The van der Waals surface area contributed by atoms with Gasteiger partial charge in [0.25, 0.3) is 0 Å². The second-order valence-electron chi connectivity index (χ2n) is 7.36. The molecule has 9 heteroatoms. The lowest BCUT2D eigenvalue weighted by Crippen LogP contribution is -2.69. The van der Waals surface area contributed by atoms with E-state index < -0.39 is 11.9 Å². The SMILES string of the molecule is CN=C(NCc1nc(C(F)(F)F)cs1)NC1C2CCOC2C12CCCC2. The van der Waals surface area contributed by atoms with Gasteiger partial charge in [0.1, 0.15) is 5.01 Å². The maximum absolute atomic E-state index is 12.7. The molecule has 5 nitrogen and oxygen atoms in total. The Hall–Kier alpha value is -1.35. The van der Waals surface area contributed by atoms with Gasteiger partial charge in [0.05, 0.1) is 12.6 Å². The first kappa shape index (κ1) is 18.0. The van der Waals surface area contributed by atoms with Crippen LogP contribution >= 0.6 is 11.3 Å². The van der Waals surface area contributed by atoms with Crippen LogP contribution < -0.4 is 10.6 Å². The molecular weight excluding hydrogens is 365 g/mol. The highest BCUT2D eigenvalue weighted by atomic mass is 32.1. The minimum absolute atomic E-state index is 0.198. The molecule has 3 unspecified atom stereocenters. The molecule has 2 N–H and O–H groups in total. The van der Waals surface area contributed by atoms with Crippen LogP contribution in [0, 0.1) is 11.3 Å². The van der Waals surface area contributed by atoms with Gasteiger partial charge in [0, 0.05) is 36.4 Å². The maximum Gasteiger partial charge on any atom is 0.434 e. The topological polar surface area (TPSA) is 58.5 Å². The van der Waals surface area contributed by atoms with Crippen molar-refractivity contribution in [2.24, 2.45) is 16.3 Å². The third-order valence-electron chi connectivity index (χ3n) is 6.05. The summed E-state index contributed by atoms with van der Waals surface area (Å²) in [6.07, 6.45) is 1.82. The number of ether oxygens (including phenoxy) is 1. The predicted octanol–water partition coefficient (Wildman–Crippen LogP) is 3.17. The van der Waals surface area contributed by atoms with Gasteiger partial charge < -0.3 is 15.4 Å². The molecule has 1 aliphatic heterocycles. The molecular formula is C17H23F3N4OS. The van der Waals surface area contributed by atoms with Crippen LogP contribution in [-0.4, -0.2) is 36.7 Å². The van der Waals surface area contributed by atoms with E-state index in [1.165, 1.54) is 25.7 Å². The van der Waals surface area contributed by atoms with E-state index in [0.717, 1.165) is 29.7 Å². The summed E-state index contributed by atoms with van der Waals surface area (Å²) >= 11 is 1.01. The number of nitrogens with one attached hydrogen (secondary N) is 2. The monoisotopic (exact) mass is 388 g/mol. The second-order valence-corrected chi connectivity index (χ2v) is 8.30. The first-order valence-electron chi connectivity index (χ1n) is 9.04. The van der Waals surface area contributed by atoms with E-state index in [0.29, 0.717) is 29.0 Å². The van der Waals surface area contributed by atoms with Crippen LogP contribution in [0.5, 0.6) is 0 Å². The number of rotatable bonds is 3. The smallest absolute Gasteiger partial charge is 0.377 e. The predicted molar refractivity (Wildman–Crippen MR) is 93.0 cm³/mol. The van der Waals surface area contributed by atoms with Gasteiger partial charge in [-0.2, -0.15) is 13.2 Å². The Morgan fingerprint density at radius 1 is 1.42 bits per heavy atom. The largest absolute Gasteiger partial charge is 0.434 e. The molecule has 2 saturated carbocycles. The summed E-state index contributed by atoms with van der Waals surface area (Å²) in [4.78, 5) is 7.91. The van der Waals surface area contributed by atoms with Crippen molar-refractivity contribution in [3.63, 3.8) is 0 Å². The van der Waals surface area contributed by atoms with Crippen molar-refractivity contribution in [3.05, 3.63) is 16.1 Å². The van der Waals surface area contributed by atoms with Gasteiger partial charge in [-0.25, -0.2) is 4.98 Å². The molecule has 144 valence electrons. The molecule has 0 bridgehead atoms. The number of alkyl halides is 3. The Labute approximate surface area is 154 Å². The van der Waals surface area contributed by atoms with Crippen LogP contribution in [0.2, 0.25) is 0 Å². The lowest BCUT2D eigenvalue weighted by molar-refractivity contribution is -0.140. The second kappa shape index (κ2) is 6.67. The fourth-order valence-electron chi connectivity index (χ4n) is 4.93. The number of thiazole rings is 1. The summed E-state index contributed by atoms with van der Waals surface area (Å²) in [6.45, 7) is 1.05. The van der Waals surface area contributed by atoms with E-state index >= 15 is 0 Å². The van der Waals surface area contributed by atoms with Crippen molar-refractivity contribution in [1.82, 2.24) is 15.6 Å². The summed E-state index contributed by atoms with van der Waals surface area (Å²) in [5.41, 5.74) is -0.638. The van der Waals surface area contributed by atoms with Crippen LogP contribution in [0.1, 0.15) is 42.8 Å². The third kappa shape index (κ3) is 2.98. The minimum Gasteiger partial charge on any atom is -0.377 e. The molecule has 4 rings (SSSR count). The van der Waals surface area contributed by atoms with E-state index in [9.17, 15) is 13.2 Å². The zero-order valence-electron chi connectivity index (χ0n) is 14.6. The Morgan fingerprint density at radius 3 is 2.85 bits per heavy atom. The molecule has 1 aromatic rings. The normalized spacial score (nSPS) is 30.3. The average molecular weight is 388 g/mol. The number of hydrogen-bond donors (Lipinski definition) is 2. The quantitative estimate of drug-likeness (QED) is 0.617. The van der Waals surface area contributed by atoms with E-state index in [1.54, 1.807) is 7.05 Å². The van der Waals surface area contributed by atoms with Crippen LogP contribution in [0.4, 0.5) is 13.2 Å². The minimum atomic E-state index is -4.40. The molecule has 0 aromatic carbocycles. The number of aliphatic imine (C=N–C) groups is 1. The van der Waals surface area contributed by atoms with Crippen LogP contribution in [-0.2, 0) is 17.5 Å². The van der Waals surface area contributed by atoms with Gasteiger partial charge in [-0.3, -0.25) is 4.99 Å². The number of fused-ring (bicyclic) bond motifs is 2. The van der Waals surface area contributed by atoms with Gasteiger partial charge in [-0.05, 0) is 19.3 Å². The summed E-state index contributed by atoms with van der Waals surface area (Å²) in [7, 11) is 1.68. The van der Waals surface area contributed by atoms with Gasteiger partial charge in [-0.1, -0.05) is 12.8 Å². The van der Waals surface area contributed by atoms with Crippen molar-refractivity contribution >= 4 is 17.3 Å². The summed E-state index contributed by atoms with van der Waals surface area (Å²) in [5, 5.41) is 8.09. The molecule has 1 aromatic heterocycles.